The highest BCUT2D eigenvalue weighted by Crippen LogP contribution is 2.29. The van der Waals surface area contributed by atoms with E-state index < -0.39 is 5.91 Å². The Kier molecular flexibility index (Phi) is 7.31. The van der Waals surface area contributed by atoms with Crippen LogP contribution in [0.2, 0.25) is 0 Å². The second-order valence-corrected chi connectivity index (χ2v) is 5.54. The van der Waals surface area contributed by atoms with Crippen molar-refractivity contribution in [1.29, 1.82) is 5.26 Å². The minimum atomic E-state index is -0.467. The summed E-state index contributed by atoms with van der Waals surface area (Å²) >= 11 is 0. The number of ether oxygens (including phenoxy) is 2. The molecule has 1 amide bonds. The second-order valence-electron chi connectivity index (χ2n) is 5.54. The zero-order valence-corrected chi connectivity index (χ0v) is 15.0. The fourth-order valence-electron chi connectivity index (χ4n) is 2.21. The van der Waals surface area contributed by atoms with Gasteiger partial charge in [-0.15, -0.1) is 0 Å². The SMILES string of the molecule is CCCCOc1ccc(C=C(C#N)C(=O)NCc2ccco2)cc1OC. The van der Waals surface area contributed by atoms with Gasteiger partial charge in [0.15, 0.2) is 11.5 Å². The van der Waals surface area contributed by atoms with Crippen LogP contribution in [0.3, 0.4) is 0 Å². The first kappa shape index (κ1) is 19.1. The van der Waals surface area contributed by atoms with Crippen LogP contribution in [0, 0.1) is 11.3 Å². The van der Waals surface area contributed by atoms with E-state index >= 15 is 0 Å². The molecule has 0 bridgehead atoms. The van der Waals surface area contributed by atoms with Gasteiger partial charge in [0.25, 0.3) is 5.91 Å². The number of benzene rings is 1. The molecule has 0 saturated carbocycles. The number of nitrogens with zero attached hydrogens (tertiary/aromatic N) is 1. The molecule has 0 aliphatic rings. The fraction of sp³-hybridized carbons (Fsp3) is 0.300. The molecule has 0 saturated heterocycles. The third-order valence-electron chi connectivity index (χ3n) is 3.62. The van der Waals surface area contributed by atoms with Crippen molar-refractivity contribution in [2.75, 3.05) is 13.7 Å². The lowest BCUT2D eigenvalue weighted by Crippen LogP contribution is -2.23. The number of unbranched alkanes of at least 4 members (excludes halogenated alkanes) is 1. The van der Waals surface area contributed by atoms with Gasteiger partial charge in [-0.25, -0.2) is 0 Å². The highest BCUT2D eigenvalue weighted by Gasteiger charge is 2.11. The number of carbonyl (C=O) groups excluding carboxylic acids is 1. The summed E-state index contributed by atoms with van der Waals surface area (Å²) in [5, 5.41) is 11.9. The minimum absolute atomic E-state index is 0.00161. The van der Waals surface area contributed by atoms with Crippen LogP contribution in [0.5, 0.6) is 11.5 Å². The molecule has 1 aromatic heterocycles. The summed E-state index contributed by atoms with van der Waals surface area (Å²) in [5.74, 6) is 1.35. The minimum Gasteiger partial charge on any atom is -0.493 e. The number of hydrogen-bond acceptors (Lipinski definition) is 5. The molecule has 2 aromatic rings. The number of nitrogens with one attached hydrogen (secondary N) is 1. The quantitative estimate of drug-likeness (QED) is 0.422. The average Bonchev–Trinajstić information content (AvgIpc) is 3.18. The standard InChI is InChI=1S/C20H22N2O4/c1-3-4-9-26-18-8-7-15(12-19(18)24-2)11-16(13-21)20(23)22-14-17-6-5-10-25-17/h5-8,10-12H,3-4,9,14H2,1-2H3,(H,22,23). The lowest BCUT2D eigenvalue weighted by Gasteiger charge is -2.11. The molecule has 0 fully saturated rings. The molecule has 0 aliphatic heterocycles. The summed E-state index contributed by atoms with van der Waals surface area (Å²) in [6, 6.07) is 10.7. The Bertz CT molecular complexity index is 789. The van der Waals surface area contributed by atoms with Crippen molar-refractivity contribution in [3.8, 4) is 17.6 Å². The van der Waals surface area contributed by atoms with Gasteiger partial charge in [0.05, 0.1) is 26.5 Å². The maximum Gasteiger partial charge on any atom is 0.262 e. The normalized spacial score (nSPS) is 10.9. The zero-order valence-electron chi connectivity index (χ0n) is 15.0. The maximum atomic E-state index is 12.2. The third-order valence-corrected chi connectivity index (χ3v) is 3.62. The molecule has 1 N–H and O–H groups in total. The number of carbonyl (C=O) groups is 1. The van der Waals surface area contributed by atoms with Crippen LogP contribution in [0.1, 0.15) is 31.1 Å². The predicted octanol–water partition coefficient (Wildman–Crippen LogP) is 3.69. The van der Waals surface area contributed by atoms with Crippen molar-refractivity contribution in [2.24, 2.45) is 0 Å². The van der Waals surface area contributed by atoms with E-state index in [0.717, 1.165) is 12.8 Å². The Labute approximate surface area is 153 Å². The Morgan fingerprint density at radius 1 is 1.35 bits per heavy atom. The van der Waals surface area contributed by atoms with Crippen molar-refractivity contribution in [3.63, 3.8) is 0 Å². The Hall–Kier alpha value is -3.20. The van der Waals surface area contributed by atoms with E-state index in [1.807, 2.05) is 6.07 Å². The van der Waals surface area contributed by atoms with Crippen molar-refractivity contribution in [2.45, 2.75) is 26.3 Å². The molecule has 0 aliphatic carbocycles. The van der Waals surface area contributed by atoms with Gasteiger partial charge < -0.3 is 19.2 Å². The fourth-order valence-corrected chi connectivity index (χ4v) is 2.21. The summed E-state index contributed by atoms with van der Waals surface area (Å²) in [5.41, 5.74) is 0.674. The Morgan fingerprint density at radius 2 is 2.19 bits per heavy atom. The lowest BCUT2D eigenvalue weighted by molar-refractivity contribution is -0.117. The average molecular weight is 354 g/mol. The van der Waals surface area contributed by atoms with Gasteiger partial charge in [-0.3, -0.25) is 4.79 Å². The molecular weight excluding hydrogens is 332 g/mol. The largest absolute Gasteiger partial charge is 0.493 e. The van der Waals surface area contributed by atoms with E-state index in [1.54, 1.807) is 37.4 Å². The van der Waals surface area contributed by atoms with Crippen LogP contribution in [-0.4, -0.2) is 19.6 Å². The van der Waals surface area contributed by atoms with Crippen LogP contribution < -0.4 is 14.8 Å². The van der Waals surface area contributed by atoms with E-state index in [2.05, 4.69) is 12.2 Å². The molecule has 1 aromatic carbocycles. The van der Waals surface area contributed by atoms with Crippen LogP contribution >= 0.6 is 0 Å². The number of furan rings is 1. The molecule has 2 rings (SSSR count). The van der Waals surface area contributed by atoms with Gasteiger partial charge >= 0.3 is 0 Å². The number of amides is 1. The first-order chi connectivity index (χ1) is 12.7. The number of nitriles is 1. The predicted molar refractivity (Wildman–Crippen MR) is 97.5 cm³/mol. The van der Waals surface area contributed by atoms with Crippen LogP contribution in [0.25, 0.3) is 6.08 Å². The van der Waals surface area contributed by atoms with Crippen molar-refractivity contribution < 1.29 is 18.7 Å². The second kappa shape index (κ2) is 9.94. The van der Waals surface area contributed by atoms with Gasteiger partial charge in [0.1, 0.15) is 17.4 Å². The highest BCUT2D eigenvalue weighted by atomic mass is 16.5. The van der Waals surface area contributed by atoms with Crippen molar-refractivity contribution >= 4 is 12.0 Å². The zero-order chi connectivity index (χ0) is 18.8. The summed E-state index contributed by atoms with van der Waals surface area (Å²) in [6.45, 7) is 2.92. The molecule has 0 spiro atoms. The smallest absolute Gasteiger partial charge is 0.262 e. The first-order valence-corrected chi connectivity index (χ1v) is 8.41. The molecular formula is C20H22N2O4. The van der Waals surface area contributed by atoms with E-state index in [4.69, 9.17) is 13.9 Å². The van der Waals surface area contributed by atoms with Gasteiger partial charge in [-0.1, -0.05) is 19.4 Å². The summed E-state index contributed by atoms with van der Waals surface area (Å²) in [4.78, 5) is 12.2. The first-order valence-electron chi connectivity index (χ1n) is 8.41. The van der Waals surface area contributed by atoms with E-state index in [-0.39, 0.29) is 12.1 Å². The van der Waals surface area contributed by atoms with E-state index in [1.165, 1.54) is 12.3 Å². The van der Waals surface area contributed by atoms with Crippen LogP contribution in [0.4, 0.5) is 0 Å². The van der Waals surface area contributed by atoms with Gasteiger partial charge in [0.2, 0.25) is 0 Å². The van der Waals surface area contributed by atoms with E-state index in [0.29, 0.717) is 29.4 Å². The topological polar surface area (TPSA) is 84.5 Å². The Morgan fingerprint density at radius 3 is 2.85 bits per heavy atom. The molecule has 26 heavy (non-hydrogen) atoms. The molecule has 0 radical (unpaired) electrons. The van der Waals surface area contributed by atoms with E-state index in [9.17, 15) is 10.1 Å². The molecule has 0 atom stereocenters. The molecule has 0 unspecified atom stereocenters. The summed E-state index contributed by atoms with van der Waals surface area (Å²) in [7, 11) is 1.55. The maximum absolute atomic E-state index is 12.2. The van der Waals surface area contributed by atoms with Gasteiger partial charge in [-0.2, -0.15) is 5.26 Å². The number of hydrogen-bond donors (Lipinski definition) is 1. The summed E-state index contributed by atoms with van der Waals surface area (Å²) in [6.07, 6.45) is 5.04. The lowest BCUT2D eigenvalue weighted by atomic mass is 10.1. The number of methoxy groups -OCH3 is 1. The molecule has 1 heterocycles. The number of rotatable bonds is 9. The molecule has 6 nitrogen and oxygen atoms in total. The van der Waals surface area contributed by atoms with Gasteiger partial charge in [0, 0.05) is 0 Å². The van der Waals surface area contributed by atoms with Gasteiger partial charge in [-0.05, 0) is 42.3 Å². The molecule has 6 heteroatoms. The van der Waals surface area contributed by atoms with Crippen LogP contribution in [0.15, 0.2) is 46.6 Å². The highest BCUT2D eigenvalue weighted by molar-refractivity contribution is 6.01. The monoisotopic (exact) mass is 354 g/mol. The van der Waals surface area contributed by atoms with Crippen LogP contribution in [-0.2, 0) is 11.3 Å². The molecule has 136 valence electrons. The van der Waals surface area contributed by atoms with Crippen molar-refractivity contribution in [3.05, 3.63) is 53.5 Å². The Balaban J connectivity index is 2.09. The third kappa shape index (κ3) is 5.42. The van der Waals surface area contributed by atoms with Crippen molar-refractivity contribution in [1.82, 2.24) is 5.32 Å². The summed E-state index contributed by atoms with van der Waals surface area (Å²) < 4.78 is 16.2.